The summed E-state index contributed by atoms with van der Waals surface area (Å²) in [5.41, 5.74) is 1.32. The number of aliphatic imine (C=N–C) groups is 1. The summed E-state index contributed by atoms with van der Waals surface area (Å²) in [4.78, 5) is 13.0. The van der Waals surface area contributed by atoms with Gasteiger partial charge in [0, 0.05) is 55.9 Å². The molecule has 0 spiro atoms. The molecule has 1 aromatic heterocycles. The van der Waals surface area contributed by atoms with Crippen molar-refractivity contribution in [3.8, 4) is 0 Å². The molecule has 5 nitrogen and oxygen atoms in total. The van der Waals surface area contributed by atoms with E-state index in [9.17, 15) is 0 Å². The summed E-state index contributed by atoms with van der Waals surface area (Å²) in [7, 11) is 0. The molecule has 1 fully saturated rings. The van der Waals surface area contributed by atoms with Crippen molar-refractivity contribution in [3.63, 3.8) is 0 Å². The quantitative estimate of drug-likeness (QED) is 0.347. The Morgan fingerprint density at radius 2 is 2.11 bits per heavy atom. The number of nitrogens with one attached hydrogen (secondary N) is 2. The number of hydrogen-bond acceptors (Lipinski definition) is 4. The molecule has 0 bridgehead atoms. The molecule has 1 aliphatic heterocycles. The Balaban J connectivity index is 0.00000261. The van der Waals surface area contributed by atoms with Crippen molar-refractivity contribution in [2.24, 2.45) is 10.9 Å². The van der Waals surface area contributed by atoms with Gasteiger partial charge in [-0.15, -0.1) is 35.3 Å². The number of para-hydroxylation sites is 1. The third-order valence-corrected chi connectivity index (χ3v) is 5.53. The number of halogens is 1. The number of hydrogen-bond donors (Lipinski definition) is 2. The SMILES string of the molecule is CCNC(=NCC1CCN(c2ccccc2)C1)NCCc1ncc(C)s1.I. The van der Waals surface area contributed by atoms with Crippen LogP contribution < -0.4 is 15.5 Å². The predicted molar refractivity (Wildman–Crippen MR) is 127 cm³/mol. The lowest BCUT2D eigenvalue weighted by Gasteiger charge is -2.18. The smallest absolute Gasteiger partial charge is 0.191 e. The summed E-state index contributed by atoms with van der Waals surface area (Å²) in [6, 6.07) is 10.7. The van der Waals surface area contributed by atoms with E-state index in [4.69, 9.17) is 4.99 Å². The van der Waals surface area contributed by atoms with Crippen molar-refractivity contribution in [2.75, 3.05) is 37.6 Å². The number of aromatic nitrogens is 1. The van der Waals surface area contributed by atoms with E-state index < -0.39 is 0 Å². The summed E-state index contributed by atoms with van der Waals surface area (Å²) in [5.74, 6) is 1.53. The molecular weight excluding hydrogens is 469 g/mol. The topological polar surface area (TPSA) is 52.6 Å². The van der Waals surface area contributed by atoms with Crippen LogP contribution in [0.3, 0.4) is 0 Å². The number of benzene rings is 1. The Bertz CT molecular complexity index is 703. The maximum absolute atomic E-state index is 4.81. The number of anilines is 1. The number of guanidine groups is 1. The first-order chi connectivity index (χ1) is 12.7. The molecule has 7 heteroatoms. The van der Waals surface area contributed by atoms with Gasteiger partial charge in [-0.25, -0.2) is 4.98 Å². The van der Waals surface area contributed by atoms with E-state index in [1.807, 2.05) is 6.20 Å². The molecule has 1 aromatic carbocycles. The largest absolute Gasteiger partial charge is 0.371 e. The molecule has 0 aliphatic carbocycles. The van der Waals surface area contributed by atoms with Crippen LogP contribution in [0.4, 0.5) is 5.69 Å². The van der Waals surface area contributed by atoms with Gasteiger partial charge < -0.3 is 15.5 Å². The van der Waals surface area contributed by atoms with Crippen LogP contribution in [0, 0.1) is 12.8 Å². The van der Waals surface area contributed by atoms with E-state index in [0.717, 1.165) is 45.1 Å². The molecule has 3 rings (SSSR count). The Labute approximate surface area is 183 Å². The van der Waals surface area contributed by atoms with Gasteiger partial charge in [0.25, 0.3) is 0 Å². The fourth-order valence-electron chi connectivity index (χ4n) is 3.22. The van der Waals surface area contributed by atoms with Crippen LogP contribution >= 0.6 is 35.3 Å². The van der Waals surface area contributed by atoms with Crippen LogP contribution in [0.5, 0.6) is 0 Å². The average molecular weight is 499 g/mol. The minimum atomic E-state index is 0. The molecule has 2 aromatic rings. The second-order valence-electron chi connectivity index (χ2n) is 6.70. The summed E-state index contributed by atoms with van der Waals surface area (Å²) in [6.45, 7) is 9.02. The van der Waals surface area contributed by atoms with Crippen molar-refractivity contribution in [1.82, 2.24) is 15.6 Å². The van der Waals surface area contributed by atoms with Gasteiger partial charge in [0.1, 0.15) is 0 Å². The van der Waals surface area contributed by atoms with E-state index >= 15 is 0 Å². The molecule has 148 valence electrons. The molecule has 2 heterocycles. The number of rotatable bonds is 7. The molecule has 1 saturated heterocycles. The van der Waals surface area contributed by atoms with Gasteiger partial charge in [0.2, 0.25) is 0 Å². The molecule has 2 N–H and O–H groups in total. The van der Waals surface area contributed by atoms with Gasteiger partial charge in [-0.1, -0.05) is 18.2 Å². The van der Waals surface area contributed by atoms with Crippen LogP contribution in [0.25, 0.3) is 0 Å². The second kappa shape index (κ2) is 11.5. The lowest BCUT2D eigenvalue weighted by atomic mass is 10.1. The summed E-state index contributed by atoms with van der Waals surface area (Å²) in [5, 5.41) is 7.97. The summed E-state index contributed by atoms with van der Waals surface area (Å²) >= 11 is 1.77. The van der Waals surface area contributed by atoms with Crippen molar-refractivity contribution < 1.29 is 0 Å². The van der Waals surface area contributed by atoms with Gasteiger partial charge in [-0.3, -0.25) is 4.99 Å². The maximum atomic E-state index is 4.81. The first-order valence-electron chi connectivity index (χ1n) is 9.48. The highest BCUT2D eigenvalue weighted by molar-refractivity contribution is 14.0. The Hall–Kier alpha value is -1.35. The molecule has 1 aliphatic rings. The third-order valence-electron chi connectivity index (χ3n) is 4.56. The Kier molecular flexibility index (Phi) is 9.33. The standard InChI is InChI=1S/C20H29N5S.HI/c1-3-21-20(22-11-9-19-23-13-16(2)26-19)24-14-17-10-12-25(15-17)18-7-5-4-6-8-18;/h4-8,13,17H,3,9-12,14-15H2,1-2H3,(H2,21,22,24);1H. The van der Waals surface area contributed by atoms with Crippen molar-refractivity contribution >= 4 is 47.0 Å². The summed E-state index contributed by atoms with van der Waals surface area (Å²) < 4.78 is 0. The Morgan fingerprint density at radius 3 is 2.81 bits per heavy atom. The number of thiazole rings is 1. The van der Waals surface area contributed by atoms with Crippen molar-refractivity contribution in [2.45, 2.75) is 26.7 Å². The van der Waals surface area contributed by atoms with Crippen molar-refractivity contribution in [1.29, 1.82) is 0 Å². The average Bonchev–Trinajstić information content (AvgIpc) is 3.29. The number of aryl methyl sites for hydroxylation is 1. The highest BCUT2D eigenvalue weighted by Crippen LogP contribution is 2.23. The second-order valence-corrected chi connectivity index (χ2v) is 8.02. The van der Waals surface area contributed by atoms with E-state index in [-0.39, 0.29) is 24.0 Å². The minimum absolute atomic E-state index is 0. The molecule has 0 saturated carbocycles. The van der Waals surface area contributed by atoms with Crippen LogP contribution in [0.2, 0.25) is 0 Å². The molecule has 27 heavy (non-hydrogen) atoms. The van der Waals surface area contributed by atoms with Gasteiger partial charge in [-0.05, 0) is 38.3 Å². The van der Waals surface area contributed by atoms with E-state index in [1.165, 1.54) is 22.0 Å². The van der Waals surface area contributed by atoms with Gasteiger partial charge in [-0.2, -0.15) is 0 Å². The fraction of sp³-hybridized carbons (Fsp3) is 0.500. The van der Waals surface area contributed by atoms with E-state index in [2.05, 4.69) is 64.7 Å². The highest BCUT2D eigenvalue weighted by atomic mass is 127. The highest BCUT2D eigenvalue weighted by Gasteiger charge is 2.22. The van der Waals surface area contributed by atoms with Gasteiger partial charge >= 0.3 is 0 Å². The maximum Gasteiger partial charge on any atom is 0.191 e. The zero-order valence-electron chi connectivity index (χ0n) is 16.1. The molecule has 1 unspecified atom stereocenters. The molecule has 0 amide bonds. The zero-order chi connectivity index (χ0) is 18.2. The fourth-order valence-corrected chi connectivity index (χ4v) is 4.01. The van der Waals surface area contributed by atoms with Crippen LogP contribution in [0.1, 0.15) is 23.2 Å². The van der Waals surface area contributed by atoms with E-state index in [0.29, 0.717) is 5.92 Å². The third kappa shape index (κ3) is 6.95. The van der Waals surface area contributed by atoms with Gasteiger partial charge in [0.15, 0.2) is 5.96 Å². The zero-order valence-corrected chi connectivity index (χ0v) is 19.3. The normalized spacial score (nSPS) is 16.9. The summed E-state index contributed by atoms with van der Waals surface area (Å²) in [6.07, 6.45) is 4.09. The van der Waals surface area contributed by atoms with Crippen LogP contribution in [-0.4, -0.2) is 43.7 Å². The Morgan fingerprint density at radius 1 is 1.30 bits per heavy atom. The van der Waals surface area contributed by atoms with Gasteiger partial charge in [0.05, 0.1) is 5.01 Å². The molecule has 0 radical (unpaired) electrons. The first kappa shape index (κ1) is 21.9. The first-order valence-corrected chi connectivity index (χ1v) is 10.3. The lowest BCUT2D eigenvalue weighted by Crippen LogP contribution is -2.38. The monoisotopic (exact) mass is 499 g/mol. The lowest BCUT2D eigenvalue weighted by molar-refractivity contribution is 0.599. The molecule has 1 atom stereocenters. The van der Waals surface area contributed by atoms with Crippen LogP contribution in [0.15, 0.2) is 41.5 Å². The van der Waals surface area contributed by atoms with E-state index in [1.54, 1.807) is 11.3 Å². The van der Waals surface area contributed by atoms with Crippen LogP contribution in [-0.2, 0) is 6.42 Å². The predicted octanol–water partition coefficient (Wildman–Crippen LogP) is 3.69. The number of nitrogens with zero attached hydrogens (tertiary/aromatic N) is 3. The molecular formula is C20H30IN5S. The minimum Gasteiger partial charge on any atom is -0.371 e. The van der Waals surface area contributed by atoms with Crippen molar-refractivity contribution in [3.05, 3.63) is 46.4 Å².